The number of nitrogens with one attached hydrogen (secondary N) is 2. The number of amidine groups is 1. The molecule has 27 heavy (non-hydrogen) atoms. The molecule has 0 heterocycles. The minimum atomic E-state index is 0.903. The van der Waals surface area contributed by atoms with Crippen LogP contribution in [0.15, 0.2) is 30.3 Å². The Kier molecular flexibility index (Phi) is 16.4. The second-order valence-corrected chi connectivity index (χ2v) is 8.58. The molecular weight excluding hydrogens is 348 g/mol. The highest BCUT2D eigenvalue weighted by Gasteiger charge is 2.06. The van der Waals surface area contributed by atoms with E-state index in [4.69, 9.17) is 0 Å². The summed E-state index contributed by atoms with van der Waals surface area (Å²) in [5.74, 6) is 1.19. The summed E-state index contributed by atoms with van der Waals surface area (Å²) in [7, 11) is 0. The molecule has 0 amide bonds. The van der Waals surface area contributed by atoms with Gasteiger partial charge >= 0.3 is 5.17 Å². The van der Waals surface area contributed by atoms with Gasteiger partial charge in [0.25, 0.3) is 0 Å². The Balaban J connectivity index is 2.13. The lowest BCUT2D eigenvalue weighted by molar-refractivity contribution is -0.474. The zero-order chi connectivity index (χ0) is 19.4. The first-order chi connectivity index (χ1) is 13.4. The lowest BCUT2D eigenvalue weighted by Crippen LogP contribution is -2.73. The van der Waals surface area contributed by atoms with Gasteiger partial charge in [-0.2, -0.15) is 0 Å². The van der Waals surface area contributed by atoms with Gasteiger partial charge in [0.1, 0.15) is 6.54 Å². The maximum Gasteiger partial charge on any atom is 0.304 e. The van der Waals surface area contributed by atoms with Gasteiger partial charge in [-0.3, -0.25) is 10.3 Å². The first kappa shape index (κ1) is 24.1. The van der Waals surface area contributed by atoms with E-state index in [1.54, 1.807) is 0 Å². The van der Waals surface area contributed by atoms with Gasteiger partial charge in [0.15, 0.2) is 0 Å². The van der Waals surface area contributed by atoms with Crippen LogP contribution in [0.5, 0.6) is 0 Å². The van der Waals surface area contributed by atoms with Crippen LogP contribution in [-0.2, 0) is 6.54 Å². The predicted octanol–water partition coefficient (Wildman–Crippen LogP) is 5.67. The van der Waals surface area contributed by atoms with Gasteiger partial charge in [-0.15, -0.1) is 0 Å². The molecule has 154 valence electrons. The van der Waals surface area contributed by atoms with E-state index < -0.39 is 0 Å². The van der Waals surface area contributed by atoms with Crippen LogP contribution in [0, 0.1) is 0 Å². The van der Waals surface area contributed by atoms with E-state index in [2.05, 4.69) is 54.5 Å². The molecule has 2 nitrogen and oxygen atoms in total. The topological polar surface area (TPSA) is 26.0 Å². The van der Waals surface area contributed by atoms with Crippen LogP contribution in [-0.4, -0.2) is 17.5 Å². The van der Waals surface area contributed by atoms with Crippen LogP contribution in [0.4, 0.5) is 0 Å². The smallest absolute Gasteiger partial charge is 0.269 e. The molecule has 0 fully saturated rings. The van der Waals surface area contributed by atoms with Crippen LogP contribution in [0.25, 0.3) is 0 Å². The van der Waals surface area contributed by atoms with Crippen LogP contribution in [0.2, 0.25) is 0 Å². The summed E-state index contributed by atoms with van der Waals surface area (Å²) in [6, 6.07) is 10.7. The number of unbranched alkanes of at least 4 members (excludes halogenated alkanes) is 10. The largest absolute Gasteiger partial charge is 0.304 e. The normalized spacial score (nSPS) is 11.7. The highest BCUT2D eigenvalue weighted by molar-refractivity contribution is 8.13. The van der Waals surface area contributed by atoms with Crippen LogP contribution >= 0.6 is 11.8 Å². The lowest BCUT2D eigenvalue weighted by atomic mass is 10.1. The van der Waals surface area contributed by atoms with E-state index in [-0.39, 0.29) is 0 Å². The van der Waals surface area contributed by atoms with Crippen molar-refractivity contribution in [3.8, 4) is 0 Å². The monoisotopic (exact) mass is 391 g/mol. The Bertz CT molecular complexity index is 459. The quantitative estimate of drug-likeness (QED) is 0.216. The van der Waals surface area contributed by atoms with Crippen molar-refractivity contribution >= 4 is 16.9 Å². The molecule has 0 aliphatic heterocycles. The van der Waals surface area contributed by atoms with E-state index in [1.165, 1.54) is 93.5 Å². The second-order valence-electron chi connectivity index (χ2n) is 7.48. The number of rotatable bonds is 16. The Morgan fingerprint density at radius 3 is 2.00 bits per heavy atom. The fourth-order valence-corrected chi connectivity index (χ4v) is 4.09. The first-order valence-electron chi connectivity index (χ1n) is 11.4. The third-order valence-corrected chi connectivity index (χ3v) is 5.93. The molecule has 0 spiro atoms. The van der Waals surface area contributed by atoms with E-state index in [1.807, 2.05) is 11.8 Å². The molecule has 0 aromatic heterocycles. The van der Waals surface area contributed by atoms with Gasteiger partial charge in [0.05, 0.1) is 6.54 Å². The van der Waals surface area contributed by atoms with Crippen molar-refractivity contribution in [1.29, 1.82) is 0 Å². The fraction of sp³-hybridized carbons (Fsp3) is 0.708. The van der Waals surface area contributed by atoms with Crippen molar-refractivity contribution in [1.82, 2.24) is 5.32 Å². The minimum absolute atomic E-state index is 0.903. The summed E-state index contributed by atoms with van der Waals surface area (Å²) in [5, 5.41) is 4.90. The SMILES string of the molecule is CCCCCCCCCCCCNC(=[NH+]Cc1ccccc1)SCCCC. The van der Waals surface area contributed by atoms with Crippen LogP contribution in [0.3, 0.4) is 0 Å². The first-order valence-corrected chi connectivity index (χ1v) is 12.4. The van der Waals surface area contributed by atoms with Gasteiger partial charge in [-0.1, -0.05) is 102 Å². The number of hydrogen-bond donors (Lipinski definition) is 2. The molecule has 0 saturated carbocycles. The summed E-state index contributed by atoms with van der Waals surface area (Å²) in [5.41, 5.74) is 1.34. The van der Waals surface area contributed by atoms with Crippen LogP contribution < -0.4 is 10.3 Å². The molecule has 0 atom stereocenters. The van der Waals surface area contributed by atoms with Crippen molar-refractivity contribution in [3.05, 3.63) is 35.9 Å². The second kappa shape index (κ2) is 18.4. The zero-order valence-corrected chi connectivity index (χ0v) is 18.7. The Labute approximate surface area is 173 Å². The summed E-state index contributed by atoms with van der Waals surface area (Å²) in [6.07, 6.45) is 16.5. The number of benzene rings is 1. The van der Waals surface area contributed by atoms with Crippen LogP contribution in [0.1, 0.15) is 96.5 Å². The molecule has 1 aromatic rings. The van der Waals surface area contributed by atoms with Crippen molar-refractivity contribution in [2.75, 3.05) is 12.3 Å². The molecule has 0 saturated heterocycles. The number of hydrogen-bond acceptors (Lipinski definition) is 1. The standard InChI is InChI=1S/C24H42N2S/c1-3-5-7-8-9-10-11-12-13-17-20-25-24(27-21-6-4-2)26-22-23-18-15-14-16-19-23/h14-16,18-19H,3-13,17,20-22H2,1-2H3,(H,25,26)/p+1. The summed E-state index contributed by atoms with van der Waals surface area (Å²) in [4.78, 5) is 3.60. The fourth-order valence-electron chi connectivity index (χ4n) is 3.08. The highest BCUT2D eigenvalue weighted by atomic mass is 32.2. The molecule has 3 heteroatoms. The van der Waals surface area contributed by atoms with Gasteiger partial charge in [-0.25, -0.2) is 0 Å². The maximum absolute atomic E-state index is 3.64. The Morgan fingerprint density at radius 2 is 1.37 bits per heavy atom. The van der Waals surface area contributed by atoms with E-state index in [0.29, 0.717) is 0 Å². The van der Waals surface area contributed by atoms with Crippen molar-refractivity contribution in [2.24, 2.45) is 0 Å². The maximum atomic E-state index is 3.64. The molecule has 0 aliphatic carbocycles. The molecular formula is C24H43N2S+. The third kappa shape index (κ3) is 14.7. The molecule has 0 aliphatic rings. The highest BCUT2D eigenvalue weighted by Crippen LogP contribution is 2.10. The summed E-state index contributed by atoms with van der Waals surface area (Å²) >= 11 is 1.94. The van der Waals surface area contributed by atoms with Gasteiger partial charge in [0.2, 0.25) is 0 Å². The van der Waals surface area contributed by atoms with Crippen molar-refractivity contribution in [2.45, 2.75) is 97.4 Å². The molecule has 0 bridgehead atoms. The van der Waals surface area contributed by atoms with Crippen molar-refractivity contribution < 1.29 is 4.99 Å². The summed E-state index contributed by atoms with van der Waals surface area (Å²) in [6.45, 7) is 6.54. The van der Waals surface area contributed by atoms with Crippen molar-refractivity contribution in [3.63, 3.8) is 0 Å². The third-order valence-electron chi connectivity index (χ3n) is 4.86. The molecule has 2 N–H and O–H groups in total. The predicted molar refractivity (Wildman–Crippen MR) is 123 cm³/mol. The van der Waals surface area contributed by atoms with E-state index in [0.717, 1.165) is 13.1 Å². The van der Waals surface area contributed by atoms with Gasteiger partial charge < -0.3 is 0 Å². The van der Waals surface area contributed by atoms with E-state index >= 15 is 0 Å². The molecule has 0 unspecified atom stereocenters. The average molecular weight is 392 g/mol. The lowest BCUT2D eigenvalue weighted by Gasteiger charge is -2.05. The molecule has 1 aromatic carbocycles. The molecule has 1 rings (SSSR count). The number of thioether (sulfide) groups is 1. The van der Waals surface area contributed by atoms with Gasteiger partial charge in [0, 0.05) is 5.75 Å². The van der Waals surface area contributed by atoms with Gasteiger partial charge in [-0.05, 0) is 36.6 Å². The zero-order valence-electron chi connectivity index (χ0n) is 17.9. The molecule has 0 radical (unpaired) electrons. The Morgan fingerprint density at radius 1 is 0.778 bits per heavy atom. The minimum Gasteiger partial charge on any atom is -0.269 e. The van der Waals surface area contributed by atoms with E-state index in [9.17, 15) is 0 Å². The summed E-state index contributed by atoms with van der Waals surface area (Å²) < 4.78 is 0. The average Bonchev–Trinajstić information content (AvgIpc) is 2.70. The Hall–Kier alpha value is -0.960.